The van der Waals surface area contributed by atoms with Crippen molar-refractivity contribution in [1.82, 2.24) is 4.72 Å². The van der Waals surface area contributed by atoms with Gasteiger partial charge in [-0.05, 0) is 29.7 Å². The largest absolute Gasteiger partial charge is 0.326 e. The molecule has 1 aromatic carbocycles. The summed E-state index contributed by atoms with van der Waals surface area (Å²) in [5, 5.41) is 3.29. The molecule has 112 valence electrons. The Kier molecular flexibility index (Phi) is 5.73. The van der Waals surface area contributed by atoms with Crippen LogP contribution < -0.4 is 10.0 Å². The van der Waals surface area contributed by atoms with E-state index in [0.29, 0.717) is 17.6 Å². The molecule has 0 saturated carbocycles. The monoisotopic (exact) mass is 362 g/mol. The van der Waals surface area contributed by atoms with Gasteiger partial charge >= 0.3 is 0 Å². The Labute approximate surface area is 128 Å². The van der Waals surface area contributed by atoms with Crippen LogP contribution in [-0.2, 0) is 14.8 Å². The Hall–Kier alpha value is -0.920. The molecule has 20 heavy (non-hydrogen) atoms. The number of hydrogen-bond acceptors (Lipinski definition) is 3. The zero-order valence-electron chi connectivity index (χ0n) is 11.7. The molecule has 0 heterocycles. The summed E-state index contributed by atoms with van der Waals surface area (Å²) in [6, 6.07) is 6.06. The van der Waals surface area contributed by atoms with Crippen LogP contribution in [0.2, 0.25) is 0 Å². The molecule has 1 aromatic rings. The van der Waals surface area contributed by atoms with Crippen LogP contribution in [0.25, 0.3) is 0 Å². The minimum atomic E-state index is -3.53. The molecule has 0 aliphatic heterocycles. The van der Waals surface area contributed by atoms with E-state index in [0.717, 1.165) is 0 Å². The second kappa shape index (κ2) is 6.69. The summed E-state index contributed by atoms with van der Waals surface area (Å²) in [7, 11) is -3.53. The first-order valence-corrected chi connectivity index (χ1v) is 8.70. The molecule has 0 atom stereocenters. The number of benzene rings is 1. The second-order valence-electron chi connectivity index (χ2n) is 5.33. The van der Waals surface area contributed by atoms with Gasteiger partial charge < -0.3 is 5.32 Å². The molecule has 2 N–H and O–H groups in total. The van der Waals surface area contributed by atoms with Gasteiger partial charge in [-0.25, -0.2) is 13.1 Å². The van der Waals surface area contributed by atoms with Gasteiger partial charge in [0.15, 0.2) is 0 Å². The van der Waals surface area contributed by atoms with Crippen molar-refractivity contribution in [3.63, 3.8) is 0 Å². The first-order valence-electron chi connectivity index (χ1n) is 6.09. The fourth-order valence-corrected chi connectivity index (χ4v) is 2.78. The minimum Gasteiger partial charge on any atom is -0.326 e. The first-order chi connectivity index (χ1) is 9.16. The number of alkyl halides is 1. The van der Waals surface area contributed by atoms with Gasteiger partial charge in [0.25, 0.3) is 0 Å². The maximum atomic E-state index is 12.1. The molecule has 5 nitrogen and oxygen atoms in total. The average molecular weight is 363 g/mol. The van der Waals surface area contributed by atoms with Crippen molar-refractivity contribution < 1.29 is 13.2 Å². The summed E-state index contributed by atoms with van der Waals surface area (Å²) >= 11 is 3.35. The molecule has 0 radical (unpaired) electrons. The Balaban J connectivity index is 2.80. The van der Waals surface area contributed by atoms with Crippen LogP contribution >= 0.6 is 15.9 Å². The molecule has 0 aliphatic rings. The highest BCUT2D eigenvalue weighted by Gasteiger charge is 2.21. The third kappa shape index (κ3) is 5.22. The third-order valence-electron chi connectivity index (χ3n) is 2.59. The Morgan fingerprint density at radius 2 is 1.80 bits per heavy atom. The quantitative estimate of drug-likeness (QED) is 0.762. The van der Waals surface area contributed by atoms with E-state index in [1.165, 1.54) is 19.1 Å². The van der Waals surface area contributed by atoms with Gasteiger partial charge in [0, 0.05) is 24.5 Å². The van der Waals surface area contributed by atoms with Crippen molar-refractivity contribution in [3.05, 3.63) is 24.3 Å². The van der Waals surface area contributed by atoms with Crippen molar-refractivity contribution in [3.8, 4) is 0 Å². The van der Waals surface area contributed by atoms with Gasteiger partial charge in [0.1, 0.15) is 0 Å². The Bertz CT molecular complexity index is 568. The Morgan fingerprint density at radius 1 is 1.25 bits per heavy atom. The highest BCUT2D eigenvalue weighted by molar-refractivity contribution is 9.09. The predicted octanol–water partition coefficient (Wildman–Crippen LogP) is 2.34. The summed E-state index contributed by atoms with van der Waals surface area (Å²) in [6.45, 7) is 5.66. The maximum absolute atomic E-state index is 12.1. The molecule has 0 aliphatic carbocycles. The predicted molar refractivity (Wildman–Crippen MR) is 83.5 cm³/mol. The van der Waals surface area contributed by atoms with E-state index in [9.17, 15) is 13.2 Å². The molecule has 0 saturated heterocycles. The molecule has 0 bridgehead atoms. The lowest BCUT2D eigenvalue weighted by Gasteiger charge is -2.21. The molecule has 0 fully saturated rings. The SMILES string of the molecule is CC(=O)Nc1ccc(S(=O)(=O)NCC(C)(C)CBr)cc1. The lowest BCUT2D eigenvalue weighted by atomic mass is 9.98. The normalized spacial score (nSPS) is 12.2. The topological polar surface area (TPSA) is 75.3 Å². The van der Waals surface area contributed by atoms with Crippen molar-refractivity contribution in [2.24, 2.45) is 5.41 Å². The molecule has 7 heteroatoms. The van der Waals surface area contributed by atoms with Gasteiger partial charge in [-0.2, -0.15) is 0 Å². The number of rotatable bonds is 6. The van der Waals surface area contributed by atoms with Crippen LogP contribution in [0.5, 0.6) is 0 Å². The third-order valence-corrected chi connectivity index (χ3v) is 5.52. The highest BCUT2D eigenvalue weighted by Crippen LogP contribution is 2.19. The number of halogens is 1. The number of sulfonamides is 1. The molecule has 0 unspecified atom stereocenters. The van der Waals surface area contributed by atoms with Crippen LogP contribution in [-0.4, -0.2) is 26.2 Å². The first kappa shape index (κ1) is 17.1. The molecular weight excluding hydrogens is 344 g/mol. The smallest absolute Gasteiger partial charge is 0.240 e. The van der Waals surface area contributed by atoms with E-state index in [4.69, 9.17) is 0 Å². The van der Waals surface area contributed by atoms with E-state index >= 15 is 0 Å². The van der Waals surface area contributed by atoms with Crippen LogP contribution in [0.4, 0.5) is 5.69 Å². The standard InChI is InChI=1S/C13H19BrN2O3S/c1-10(17)16-11-4-6-12(7-5-11)20(18,19)15-9-13(2,3)8-14/h4-7,15H,8-9H2,1-3H3,(H,16,17). The van der Waals surface area contributed by atoms with E-state index in [1.807, 2.05) is 13.8 Å². The molecule has 1 amide bonds. The number of hydrogen-bond donors (Lipinski definition) is 2. The van der Waals surface area contributed by atoms with Gasteiger partial charge in [-0.3, -0.25) is 4.79 Å². The fourth-order valence-electron chi connectivity index (χ4n) is 1.34. The van der Waals surface area contributed by atoms with Crippen molar-refractivity contribution in [2.45, 2.75) is 25.7 Å². The summed E-state index contributed by atoms with van der Waals surface area (Å²) in [6.07, 6.45) is 0. The van der Waals surface area contributed by atoms with Gasteiger partial charge in [0.05, 0.1) is 4.90 Å². The Morgan fingerprint density at radius 3 is 2.25 bits per heavy atom. The molecule has 0 spiro atoms. The molecular formula is C13H19BrN2O3S. The lowest BCUT2D eigenvalue weighted by Crippen LogP contribution is -2.34. The van der Waals surface area contributed by atoms with Gasteiger partial charge in [0.2, 0.25) is 15.9 Å². The molecule has 1 rings (SSSR count). The van der Waals surface area contributed by atoms with E-state index in [2.05, 4.69) is 26.0 Å². The van der Waals surface area contributed by atoms with Crippen LogP contribution in [0.3, 0.4) is 0 Å². The second-order valence-corrected chi connectivity index (χ2v) is 7.66. The van der Waals surface area contributed by atoms with Crippen molar-refractivity contribution in [1.29, 1.82) is 0 Å². The minimum absolute atomic E-state index is 0.163. The average Bonchev–Trinajstić information content (AvgIpc) is 2.37. The highest BCUT2D eigenvalue weighted by atomic mass is 79.9. The van der Waals surface area contributed by atoms with Gasteiger partial charge in [-0.1, -0.05) is 29.8 Å². The number of nitrogens with one attached hydrogen (secondary N) is 2. The number of carbonyl (C=O) groups excluding carboxylic acids is 1. The van der Waals surface area contributed by atoms with Crippen LogP contribution in [0.1, 0.15) is 20.8 Å². The summed E-state index contributed by atoms with van der Waals surface area (Å²) < 4.78 is 26.8. The van der Waals surface area contributed by atoms with Crippen LogP contribution in [0.15, 0.2) is 29.2 Å². The van der Waals surface area contributed by atoms with E-state index in [1.54, 1.807) is 12.1 Å². The number of anilines is 1. The van der Waals surface area contributed by atoms with Gasteiger partial charge in [-0.15, -0.1) is 0 Å². The zero-order valence-corrected chi connectivity index (χ0v) is 14.1. The molecule has 0 aromatic heterocycles. The summed E-state index contributed by atoms with van der Waals surface area (Å²) in [4.78, 5) is 11.1. The van der Waals surface area contributed by atoms with E-state index in [-0.39, 0.29) is 16.2 Å². The summed E-state index contributed by atoms with van der Waals surface area (Å²) in [5.41, 5.74) is 0.403. The maximum Gasteiger partial charge on any atom is 0.240 e. The van der Waals surface area contributed by atoms with Crippen LogP contribution in [0, 0.1) is 5.41 Å². The fraction of sp³-hybridized carbons (Fsp3) is 0.462. The summed E-state index contributed by atoms with van der Waals surface area (Å²) in [5.74, 6) is -0.196. The zero-order chi connectivity index (χ0) is 15.4. The van der Waals surface area contributed by atoms with E-state index < -0.39 is 10.0 Å². The lowest BCUT2D eigenvalue weighted by molar-refractivity contribution is -0.114. The number of amides is 1. The van der Waals surface area contributed by atoms with Crippen molar-refractivity contribution >= 4 is 37.5 Å². The number of carbonyl (C=O) groups is 1. The van der Waals surface area contributed by atoms with Crippen molar-refractivity contribution in [2.75, 3.05) is 17.2 Å².